The van der Waals surface area contributed by atoms with Crippen LogP contribution in [0, 0.1) is 0 Å². The van der Waals surface area contributed by atoms with E-state index in [-0.39, 0.29) is 5.54 Å². The fourth-order valence-electron chi connectivity index (χ4n) is 1.01. The van der Waals surface area contributed by atoms with Crippen molar-refractivity contribution in [3.05, 3.63) is 11.5 Å². The van der Waals surface area contributed by atoms with Crippen molar-refractivity contribution in [1.29, 1.82) is 0 Å². The fraction of sp³-hybridized carbons (Fsp3) is 0.750. The van der Waals surface area contributed by atoms with Crippen LogP contribution >= 0.6 is 11.8 Å². The van der Waals surface area contributed by atoms with Gasteiger partial charge in [-0.25, -0.2) is 0 Å². The van der Waals surface area contributed by atoms with Crippen LogP contribution in [0.5, 0.6) is 0 Å². The third-order valence-corrected chi connectivity index (χ3v) is 3.15. The molecule has 0 saturated carbocycles. The second-order valence-corrected chi connectivity index (χ2v) is 4.45. The van der Waals surface area contributed by atoms with Gasteiger partial charge in [-0.1, -0.05) is 25.3 Å². The number of hydrogen-bond acceptors (Lipinski definition) is 3. The molecule has 64 valence electrons. The molecule has 0 aromatic rings. The van der Waals surface area contributed by atoms with E-state index in [1.54, 1.807) is 11.8 Å². The highest BCUT2D eigenvalue weighted by Gasteiger charge is 2.33. The van der Waals surface area contributed by atoms with E-state index in [4.69, 9.17) is 0 Å². The highest BCUT2D eigenvalue weighted by molar-refractivity contribution is 8.04. The Kier molecular flexibility index (Phi) is 2.62. The zero-order chi connectivity index (χ0) is 8.48. The van der Waals surface area contributed by atoms with Crippen molar-refractivity contribution in [2.24, 2.45) is 0 Å². The van der Waals surface area contributed by atoms with E-state index < -0.39 is 0 Å². The summed E-state index contributed by atoms with van der Waals surface area (Å²) >= 11 is 1.78. The molecule has 2 nitrogen and oxygen atoms in total. The van der Waals surface area contributed by atoms with E-state index >= 15 is 0 Å². The van der Waals surface area contributed by atoms with Crippen LogP contribution in [-0.4, -0.2) is 17.6 Å². The lowest BCUT2D eigenvalue weighted by Crippen LogP contribution is -2.44. The summed E-state index contributed by atoms with van der Waals surface area (Å²) in [7, 11) is 0. The Balaban J connectivity index is 2.50. The van der Waals surface area contributed by atoms with Gasteiger partial charge in [0.15, 0.2) is 0 Å². The van der Waals surface area contributed by atoms with Crippen LogP contribution < -0.4 is 10.6 Å². The van der Waals surface area contributed by atoms with Crippen molar-refractivity contribution in [3.8, 4) is 0 Å². The molecular formula is C8H16N2S. The molecule has 1 unspecified atom stereocenters. The monoisotopic (exact) mass is 172 g/mol. The first kappa shape index (κ1) is 9.10. The molecular weight excluding hydrogens is 156 g/mol. The minimum Gasteiger partial charge on any atom is -0.293 e. The minimum atomic E-state index is 0.0809. The van der Waals surface area contributed by atoms with E-state index in [1.165, 1.54) is 4.91 Å². The van der Waals surface area contributed by atoms with Crippen LogP contribution in [0.4, 0.5) is 0 Å². The molecule has 0 aromatic heterocycles. The van der Waals surface area contributed by atoms with Gasteiger partial charge in [-0.3, -0.25) is 10.6 Å². The normalized spacial score (nSPS) is 29.4. The maximum Gasteiger partial charge on any atom is 0.110 e. The Morgan fingerprint density at radius 1 is 1.73 bits per heavy atom. The topological polar surface area (TPSA) is 24.1 Å². The van der Waals surface area contributed by atoms with Crippen LogP contribution in [0.1, 0.15) is 20.8 Å². The number of rotatable bonds is 2. The third kappa shape index (κ3) is 1.98. The van der Waals surface area contributed by atoms with Gasteiger partial charge in [0.25, 0.3) is 0 Å². The summed E-state index contributed by atoms with van der Waals surface area (Å²) in [5.41, 5.74) is 0.430. The lowest BCUT2D eigenvalue weighted by atomic mass is 10.1. The summed E-state index contributed by atoms with van der Waals surface area (Å²) in [6, 6.07) is 0. The molecule has 0 bridgehead atoms. The zero-order valence-corrected chi connectivity index (χ0v) is 8.22. The molecule has 0 amide bonds. The van der Waals surface area contributed by atoms with Gasteiger partial charge in [-0.15, -0.1) is 0 Å². The van der Waals surface area contributed by atoms with Gasteiger partial charge in [-0.2, -0.15) is 0 Å². The number of hydrogen-bond donors (Lipinski definition) is 2. The average molecular weight is 172 g/mol. The lowest BCUT2D eigenvalue weighted by molar-refractivity contribution is 0.442. The van der Waals surface area contributed by atoms with Gasteiger partial charge in [-0.05, 0) is 20.4 Å². The van der Waals surface area contributed by atoms with E-state index in [0.717, 1.165) is 6.54 Å². The van der Waals surface area contributed by atoms with Crippen molar-refractivity contribution >= 4 is 11.8 Å². The predicted molar refractivity (Wildman–Crippen MR) is 51.4 cm³/mol. The van der Waals surface area contributed by atoms with Crippen molar-refractivity contribution in [2.75, 3.05) is 6.54 Å². The van der Waals surface area contributed by atoms with Gasteiger partial charge in [0.2, 0.25) is 0 Å². The molecule has 1 heterocycles. The maximum atomic E-state index is 4.00. The molecule has 0 radical (unpaired) electrons. The third-order valence-electron chi connectivity index (χ3n) is 1.84. The van der Waals surface area contributed by atoms with Crippen molar-refractivity contribution in [3.63, 3.8) is 0 Å². The van der Waals surface area contributed by atoms with Gasteiger partial charge in [0.1, 0.15) is 5.50 Å². The molecule has 1 aliphatic heterocycles. The summed E-state index contributed by atoms with van der Waals surface area (Å²) in [6.07, 6.45) is 0. The van der Waals surface area contributed by atoms with Crippen molar-refractivity contribution in [1.82, 2.24) is 10.6 Å². The van der Waals surface area contributed by atoms with Crippen LogP contribution in [0.2, 0.25) is 0 Å². The molecule has 3 heteroatoms. The van der Waals surface area contributed by atoms with E-state index in [1.807, 2.05) is 0 Å². The Morgan fingerprint density at radius 3 is 2.73 bits per heavy atom. The lowest BCUT2D eigenvalue weighted by Gasteiger charge is -2.19. The second-order valence-electron chi connectivity index (χ2n) is 3.25. The smallest absolute Gasteiger partial charge is 0.110 e. The molecule has 11 heavy (non-hydrogen) atoms. The van der Waals surface area contributed by atoms with Gasteiger partial charge in [0, 0.05) is 10.4 Å². The molecule has 1 saturated heterocycles. The Labute approximate surface area is 72.8 Å². The van der Waals surface area contributed by atoms with Gasteiger partial charge in [0.05, 0.1) is 0 Å². The first-order valence-corrected chi connectivity index (χ1v) is 4.81. The number of nitrogens with one attached hydrogen (secondary N) is 2. The Bertz CT molecular complexity index is 165. The summed E-state index contributed by atoms with van der Waals surface area (Å²) in [4.78, 5) is 1.21. The summed E-state index contributed by atoms with van der Waals surface area (Å²) in [5, 5.41) is 6.75. The zero-order valence-electron chi connectivity index (χ0n) is 7.40. The van der Waals surface area contributed by atoms with Crippen LogP contribution in [0.15, 0.2) is 11.5 Å². The standard InChI is InChI=1S/C8H16N2S/c1-5-9-7-10-8(3,4)6(2)11-7/h7,9-10H,2,5H2,1,3-4H3. The quantitative estimate of drug-likeness (QED) is 0.660. The Morgan fingerprint density at radius 2 is 2.36 bits per heavy atom. The van der Waals surface area contributed by atoms with Gasteiger partial charge >= 0.3 is 0 Å². The van der Waals surface area contributed by atoms with Crippen molar-refractivity contribution < 1.29 is 0 Å². The highest BCUT2D eigenvalue weighted by Crippen LogP contribution is 2.35. The predicted octanol–water partition coefficient (Wildman–Crippen LogP) is 1.51. The van der Waals surface area contributed by atoms with E-state index in [2.05, 4.69) is 38.0 Å². The summed E-state index contributed by atoms with van der Waals surface area (Å²) < 4.78 is 0. The largest absolute Gasteiger partial charge is 0.293 e. The highest BCUT2D eigenvalue weighted by atomic mass is 32.2. The molecule has 2 N–H and O–H groups in total. The molecule has 1 atom stereocenters. The van der Waals surface area contributed by atoms with Crippen LogP contribution in [0.3, 0.4) is 0 Å². The molecule has 1 rings (SSSR count). The van der Waals surface area contributed by atoms with E-state index in [9.17, 15) is 0 Å². The number of thioether (sulfide) groups is 1. The Hall–Kier alpha value is 0.01000. The van der Waals surface area contributed by atoms with E-state index in [0.29, 0.717) is 5.50 Å². The molecule has 1 aliphatic rings. The van der Waals surface area contributed by atoms with Crippen molar-refractivity contribution in [2.45, 2.75) is 31.8 Å². The molecule has 1 fully saturated rings. The first-order valence-electron chi connectivity index (χ1n) is 3.93. The maximum absolute atomic E-state index is 4.00. The fourth-order valence-corrected chi connectivity index (χ4v) is 2.25. The molecule has 0 spiro atoms. The summed E-state index contributed by atoms with van der Waals surface area (Å²) in [5.74, 6) is 0. The van der Waals surface area contributed by atoms with Crippen LogP contribution in [0.25, 0.3) is 0 Å². The molecule has 0 aromatic carbocycles. The van der Waals surface area contributed by atoms with Gasteiger partial charge < -0.3 is 0 Å². The second kappa shape index (κ2) is 3.17. The SMILES string of the molecule is C=C1SC(NCC)NC1(C)C. The summed E-state index contributed by atoms with van der Waals surface area (Å²) in [6.45, 7) is 11.4. The average Bonchev–Trinajstić information content (AvgIpc) is 2.08. The minimum absolute atomic E-state index is 0.0809. The van der Waals surface area contributed by atoms with Crippen LogP contribution in [-0.2, 0) is 0 Å². The first-order chi connectivity index (χ1) is 5.06. The molecule has 0 aliphatic carbocycles.